The van der Waals surface area contributed by atoms with E-state index in [0.717, 1.165) is 33.9 Å². The summed E-state index contributed by atoms with van der Waals surface area (Å²) in [5.41, 5.74) is 1.87. The molecule has 0 bridgehead atoms. The average molecular weight is 343 g/mol. The number of fused-ring (bicyclic) bond motifs is 1. The first-order valence-corrected chi connectivity index (χ1v) is 8.04. The second kappa shape index (κ2) is 5.41. The Morgan fingerprint density at radius 3 is 2.95 bits per heavy atom. The monoisotopic (exact) mass is 341 g/mol. The van der Waals surface area contributed by atoms with Crippen LogP contribution in [0.1, 0.15) is 43.8 Å². The fraction of sp³-hybridized carbons (Fsp3) is 0.571. The molecule has 2 heterocycles. The zero-order valence-corrected chi connectivity index (χ0v) is 13.3. The molecule has 1 unspecified atom stereocenters. The standard InChI is InChI=1S/C14H17BrClN3/c1-9(16)13-18-12-7-11(15)8-17-14(12)19(13)6-5-10-3-2-4-10/h7-10H,2-6H2,1H3. The molecule has 1 aliphatic carbocycles. The van der Waals surface area contributed by atoms with E-state index >= 15 is 0 Å². The van der Waals surface area contributed by atoms with Gasteiger partial charge in [-0.15, -0.1) is 11.6 Å². The molecule has 3 rings (SSSR count). The van der Waals surface area contributed by atoms with Crippen molar-refractivity contribution in [3.05, 3.63) is 22.6 Å². The molecular weight excluding hydrogens is 326 g/mol. The second-order valence-corrected chi connectivity index (χ2v) is 6.89. The topological polar surface area (TPSA) is 30.7 Å². The van der Waals surface area contributed by atoms with Gasteiger partial charge in [0.25, 0.3) is 0 Å². The van der Waals surface area contributed by atoms with E-state index in [1.165, 1.54) is 25.7 Å². The van der Waals surface area contributed by atoms with Crippen LogP contribution in [0.5, 0.6) is 0 Å². The van der Waals surface area contributed by atoms with Crippen molar-refractivity contribution in [1.29, 1.82) is 0 Å². The molecule has 5 heteroatoms. The molecule has 0 saturated heterocycles. The van der Waals surface area contributed by atoms with Crippen molar-refractivity contribution in [2.24, 2.45) is 5.92 Å². The fourth-order valence-electron chi connectivity index (χ4n) is 2.62. The van der Waals surface area contributed by atoms with E-state index < -0.39 is 0 Å². The minimum atomic E-state index is -0.0885. The number of pyridine rings is 1. The molecule has 2 aromatic rings. The van der Waals surface area contributed by atoms with E-state index in [1.54, 1.807) is 0 Å². The lowest BCUT2D eigenvalue weighted by Gasteiger charge is -2.25. The van der Waals surface area contributed by atoms with Gasteiger partial charge in [-0.3, -0.25) is 0 Å². The van der Waals surface area contributed by atoms with Crippen molar-refractivity contribution in [2.75, 3.05) is 0 Å². The Labute approximate surface area is 126 Å². The second-order valence-electron chi connectivity index (χ2n) is 5.32. The Hall–Kier alpha value is -0.610. The molecule has 0 aliphatic heterocycles. The summed E-state index contributed by atoms with van der Waals surface area (Å²) < 4.78 is 3.15. The lowest BCUT2D eigenvalue weighted by Crippen LogP contribution is -2.15. The molecule has 0 radical (unpaired) electrons. The van der Waals surface area contributed by atoms with Crippen molar-refractivity contribution < 1.29 is 0 Å². The van der Waals surface area contributed by atoms with Crippen LogP contribution < -0.4 is 0 Å². The third kappa shape index (κ3) is 2.65. The number of imidazole rings is 1. The van der Waals surface area contributed by atoms with Gasteiger partial charge in [-0.1, -0.05) is 19.3 Å². The number of aromatic nitrogens is 3. The van der Waals surface area contributed by atoms with E-state index in [4.69, 9.17) is 11.6 Å². The van der Waals surface area contributed by atoms with Crippen LogP contribution in [0.3, 0.4) is 0 Å². The zero-order valence-electron chi connectivity index (χ0n) is 10.9. The van der Waals surface area contributed by atoms with Crippen LogP contribution >= 0.6 is 27.5 Å². The number of aryl methyl sites for hydroxylation is 1. The summed E-state index contributed by atoms with van der Waals surface area (Å²) in [5, 5.41) is -0.0885. The maximum Gasteiger partial charge on any atom is 0.160 e. The highest BCUT2D eigenvalue weighted by molar-refractivity contribution is 9.10. The number of alkyl halides is 1. The predicted molar refractivity (Wildman–Crippen MR) is 81.5 cm³/mol. The molecule has 102 valence electrons. The lowest BCUT2D eigenvalue weighted by molar-refractivity contribution is 0.282. The van der Waals surface area contributed by atoms with E-state index in [2.05, 4.69) is 30.5 Å². The number of nitrogens with zero attached hydrogens (tertiary/aromatic N) is 3. The molecule has 0 amide bonds. The maximum atomic E-state index is 6.26. The van der Waals surface area contributed by atoms with Gasteiger partial charge >= 0.3 is 0 Å². The Morgan fingerprint density at radius 1 is 1.53 bits per heavy atom. The van der Waals surface area contributed by atoms with Crippen molar-refractivity contribution in [3.63, 3.8) is 0 Å². The molecule has 0 N–H and O–H groups in total. The summed E-state index contributed by atoms with van der Waals surface area (Å²) in [4.78, 5) is 9.13. The van der Waals surface area contributed by atoms with Gasteiger partial charge in [0.2, 0.25) is 0 Å². The molecule has 2 aromatic heterocycles. The van der Waals surface area contributed by atoms with Crippen LogP contribution in [0.15, 0.2) is 16.7 Å². The van der Waals surface area contributed by atoms with Crippen LogP contribution in [0, 0.1) is 5.92 Å². The molecule has 1 saturated carbocycles. The van der Waals surface area contributed by atoms with Gasteiger partial charge in [-0.2, -0.15) is 0 Å². The van der Waals surface area contributed by atoms with Crippen molar-refractivity contribution in [2.45, 2.75) is 44.5 Å². The van der Waals surface area contributed by atoms with Gasteiger partial charge < -0.3 is 4.57 Å². The van der Waals surface area contributed by atoms with Gasteiger partial charge in [-0.25, -0.2) is 9.97 Å². The number of hydrogen-bond donors (Lipinski definition) is 0. The summed E-state index contributed by atoms with van der Waals surface area (Å²) >= 11 is 9.70. The molecule has 1 atom stereocenters. The van der Waals surface area contributed by atoms with Gasteiger partial charge in [0, 0.05) is 17.2 Å². The first-order chi connectivity index (χ1) is 9.15. The van der Waals surface area contributed by atoms with E-state index in [-0.39, 0.29) is 5.38 Å². The Kier molecular flexibility index (Phi) is 3.81. The molecule has 0 aromatic carbocycles. The first kappa shape index (κ1) is 13.4. The van der Waals surface area contributed by atoms with Crippen LogP contribution in [-0.2, 0) is 6.54 Å². The third-order valence-corrected chi connectivity index (χ3v) is 4.55. The molecule has 0 spiro atoms. The summed E-state index contributed by atoms with van der Waals surface area (Å²) in [6.07, 6.45) is 7.17. The number of halogens is 2. The smallest absolute Gasteiger partial charge is 0.160 e. The summed E-state index contributed by atoms with van der Waals surface area (Å²) in [6, 6.07) is 2.00. The van der Waals surface area contributed by atoms with E-state index in [0.29, 0.717) is 0 Å². The van der Waals surface area contributed by atoms with Gasteiger partial charge in [0.1, 0.15) is 11.3 Å². The highest BCUT2D eigenvalue weighted by Crippen LogP contribution is 2.31. The molecular formula is C14H17BrClN3. The average Bonchev–Trinajstić information content (AvgIpc) is 2.65. The molecule has 1 aliphatic rings. The molecule has 19 heavy (non-hydrogen) atoms. The maximum absolute atomic E-state index is 6.26. The largest absolute Gasteiger partial charge is 0.311 e. The van der Waals surface area contributed by atoms with E-state index in [1.807, 2.05) is 19.2 Å². The minimum absolute atomic E-state index is 0.0885. The highest BCUT2D eigenvalue weighted by atomic mass is 79.9. The first-order valence-electron chi connectivity index (χ1n) is 6.81. The minimum Gasteiger partial charge on any atom is -0.311 e. The van der Waals surface area contributed by atoms with Crippen LogP contribution in [-0.4, -0.2) is 14.5 Å². The number of hydrogen-bond acceptors (Lipinski definition) is 2. The van der Waals surface area contributed by atoms with Gasteiger partial charge in [-0.05, 0) is 41.3 Å². The van der Waals surface area contributed by atoms with Crippen molar-refractivity contribution >= 4 is 38.7 Å². The summed E-state index contributed by atoms with van der Waals surface area (Å²) in [6.45, 7) is 2.94. The third-order valence-electron chi connectivity index (χ3n) is 3.92. The quantitative estimate of drug-likeness (QED) is 0.755. The normalized spacial score (nSPS) is 17.6. The highest BCUT2D eigenvalue weighted by Gasteiger charge is 2.20. The summed E-state index contributed by atoms with van der Waals surface area (Å²) in [5.74, 6) is 1.81. The van der Waals surface area contributed by atoms with Crippen molar-refractivity contribution in [3.8, 4) is 0 Å². The van der Waals surface area contributed by atoms with Gasteiger partial charge in [0.15, 0.2) is 5.65 Å². The van der Waals surface area contributed by atoms with Crippen LogP contribution in [0.4, 0.5) is 0 Å². The Balaban J connectivity index is 1.95. The summed E-state index contributed by atoms with van der Waals surface area (Å²) in [7, 11) is 0. The number of rotatable bonds is 4. The van der Waals surface area contributed by atoms with Crippen LogP contribution in [0.25, 0.3) is 11.2 Å². The Morgan fingerprint density at radius 2 is 2.32 bits per heavy atom. The lowest BCUT2D eigenvalue weighted by atomic mass is 9.83. The molecule has 1 fully saturated rings. The van der Waals surface area contributed by atoms with E-state index in [9.17, 15) is 0 Å². The predicted octanol–water partition coefficient (Wildman–Crippen LogP) is 4.68. The fourth-order valence-corrected chi connectivity index (χ4v) is 3.11. The van der Waals surface area contributed by atoms with Crippen molar-refractivity contribution in [1.82, 2.24) is 14.5 Å². The zero-order chi connectivity index (χ0) is 13.4. The Bertz CT molecular complexity index is 590. The SMILES string of the molecule is CC(Cl)c1nc2cc(Br)cnc2n1CCC1CCC1. The van der Waals surface area contributed by atoms with Gasteiger partial charge in [0.05, 0.1) is 5.38 Å². The van der Waals surface area contributed by atoms with Crippen LogP contribution in [0.2, 0.25) is 0 Å². The molecule has 3 nitrogen and oxygen atoms in total.